The Morgan fingerprint density at radius 2 is 2.06 bits per heavy atom. The molecule has 1 aromatic heterocycles. The highest BCUT2D eigenvalue weighted by atomic mass is 35.5. The van der Waals surface area contributed by atoms with Crippen molar-refractivity contribution in [2.75, 3.05) is 18.5 Å². The average molecular weight is 256 g/mol. The van der Waals surface area contributed by atoms with Crippen LogP contribution < -0.4 is 5.32 Å². The number of rotatable bonds is 3. The first kappa shape index (κ1) is 12.6. The first-order chi connectivity index (χ1) is 8.00. The van der Waals surface area contributed by atoms with Crippen LogP contribution in [0.5, 0.6) is 0 Å². The minimum Gasteiger partial charge on any atom is -0.373 e. The van der Waals surface area contributed by atoms with Crippen molar-refractivity contribution >= 4 is 17.4 Å². The minimum atomic E-state index is -0.107. The van der Waals surface area contributed by atoms with Crippen LogP contribution in [0, 0.1) is 13.8 Å². The summed E-state index contributed by atoms with van der Waals surface area (Å²) in [6.45, 7) is 7.49. The van der Waals surface area contributed by atoms with E-state index in [2.05, 4.69) is 22.2 Å². The number of nitrogens with one attached hydrogen (secondary N) is 1. The molecule has 0 amide bonds. The lowest BCUT2D eigenvalue weighted by Crippen LogP contribution is -2.33. The molecule has 1 saturated heterocycles. The summed E-state index contributed by atoms with van der Waals surface area (Å²) >= 11 is 6.06. The number of hydrogen-bond donors (Lipinski definition) is 1. The van der Waals surface area contributed by atoms with E-state index in [1.807, 2.05) is 13.8 Å². The number of aryl methyl sites for hydroxylation is 2. The van der Waals surface area contributed by atoms with Crippen molar-refractivity contribution in [3.8, 4) is 0 Å². The van der Waals surface area contributed by atoms with Crippen LogP contribution in [0.2, 0.25) is 5.15 Å². The highest BCUT2D eigenvalue weighted by molar-refractivity contribution is 6.31. The summed E-state index contributed by atoms with van der Waals surface area (Å²) in [5.74, 6) is 0.645. The number of aromatic nitrogens is 2. The Kier molecular flexibility index (Phi) is 3.54. The Bertz CT molecular complexity index is 416. The van der Waals surface area contributed by atoms with Gasteiger partial charge in [-0.1, -0.05) is 11.6 Å². The number of anilines is 1. The van der Waals surface area contributed by atoms with Crippen molar-refractivity contribution in [3.63, 3.8) is 0 Å². The molecular weight excluding hydrogens is 238 g/mol. The Morgan fingerprint density at radius 3 is 2.71 bits per heavy atom. The summed E-state index contributed by atoms with van der Waals surface area (Å²) in [4.78, 5) is 8.64. The van der Waals surface area contributed by atoms with Crippen molar-refractivity contribution in [2.24, 2.45) is 0 Å². The maximum absolute atomic E-state index is 6.06. The summed E-state index contributed by atoms with van der Waals surface area (Å²) < 4.78 is 5.70. The molecule has 0 aromatic carbocycles. The largest absolute Gasteiger partial charge is 0.373 e. The fourth-order valence-electron chi connectivity index (χ4n) is 1.94. The van der Waals surface area contributed by atoms with E-state index in [0.717, 1.165) is 30.8 Å². The molecule has 1 N–H and O–H groups in total. The van der Waals surface area contributed by atoms with Gasteiger partial charge in [-0.2, -0.15) is 0 Å². The van der Waals surface area contributed by atoms with E-state index in [9.17, 15) is 0 Å². The quantitative estimate of drug-likeness (QED) is 0.902. The Morgan fingerprint density at radius 1 is 1.35 bits per heavy atom. The van der Waals surface area contributed by atoms with Crippen LogP contribution in [0.1, 0.15) is 31.2 Å². The molecule has 1 unspecified atom stereocenters. The predicted molar refractivity (Wildman–Crippen MR) is 68.6 cm³/mol. The number of ether oxygens (including phenoxy) is 1. The monoisotopic (exact) mass is 255 g/mol. The highest BCUT2D eigenvalue weighted by Crippen LogP contribution is 2.26. The third kappa shape index (κ3) is 2.87. The molecule has 94 valence electrons. The topological polar surface area (TPSA) is 47.0 Å². The second-order valence-corrected chi connectivity index (χ2v) is 5.15. The first-order valence-corrected chi connectivity index (χ1v) is 6.26. The van der Waals surface area contributed by atoms with Crippen molar-refractivity contribution < 1.29 is 4.74 Å². The SMILES string of the molecule is Cc1nc(Cl)c(NCC2(C)CCCO2)nc1C. The Labute approximate surface area is 107 Å². The van der Waals surface area contributed by atoms with Gasteiger partial charge in [-0.25, -0.2) is 9.97 Å². The van der Waals surface area contributed by atoms with Gasteiger partial charge in [0.2, 0.25) is 0 Å². The molecular formula is C12H18ClN3O. The molecule has 5 heteroatoms. The lowest BCUT2D eigenvalue weighted by atomic mass is 10.0. The van der Waals surface area contributed by atoms with Gasteiger partial charge in [0, 0.05) is 13.2 Å². The standard InChI is InChI=1S/C12H18ClN3O/c1-8-9(2)16-11(10(13)15-8)14-7-12(3)5-4-6-17-12/h4-7H2,1-3H3,(H,14,16). The average Bonchev–Trinajstić information content (AvgIpc) is 2.69. The fourth-order valence-corrected chi connectivity index (χ4v) is 2.17. The van der Waals surface area contributed by atoms with Gasteiger partial charge in [0.25, 0.3) is 0 Å². The Balaban J connectivity index is 2.06. The summed E-state index contributed by atoms with van der Waals surface area (Å²) in [7, 11) is 0. The molecule has 0 saturated carbocycles. The normalized spacial score (nSPS) is 24.0. The van der Waals surface area contributed by atoms with Gasteiger partial charge in [0.05, 0.1) is 17.0 Å². The summed E-state index contributed by atoms with van der Waals surface area (Å²) in [5, 5.41) is 3.66. The van der Waals surface area contributed by atoms with Gasteiger partial charge in [-0.05, 0) is 33.6 Å². The van der Waals surface area contributed by atoms with E-state index < -0.39 is 0 Å². The van der Waals surface area contributed by atoms with Crippen molar-refractivity contribution in [3.05, 3.63) is 16.5 Å². The number of hydrogen-bond acceptors (Lipinski definition) is 4. The molecule has 1 fully saturated rings. The van der Waals surface area contributed by atoms with E-state index in [-0.39, 0.29) is 5.60 Å². The second kappa shape index (κ2) is 4.78. The molecule has 4 nitrogen and oxygen atoms in total. The molecule has 17 heavy (non-hydrogen) atoms. The molecule has 0 radical (unpaired) electrons. The minimum absolute atomic E-state index is 0.107. The third-order valence-electron chi connectivity index (χ3n) is 3.19. The summed E-state index contributed by atoms with van der Waals surface area (Å²) in [5.41, 5.74) is 1.65. The van der Waals surface area contributed by atoms with E-state index in [0.29, 0.717) is 17.5 Å². The fraction of sp³-hybridized carbons (Fsp3) is 0.667. The van der Waals surface area contributed by atoms with Crippen LogP contribution in [0.4, 0.5) is 5.82 Å². The second-order valence-electron chi connectivity index (χ2n) is 4.79. The van der Waals surface area contributed by atoms with E-state index in [1.54, 1.807) is 0 Å². The zero-order valence-electron chi connectivity index (χ0n) is 10.5. The smallest absolute Gasteiger partial charge is 0.171 e. The molecule has 0 spiro atoms. The van der Waals surface area contributed by atoms with Crippen LogP contribution in [-0.4, -0.2) is 28.7 Å². The number of halogens is 1. The zero-order chi connectivity index (χ0) is 12.5. The molecule has 0 aliphatic carbocycles. The summed E-state index contributed by atoms with van der Waals surface area (Å²) in [6.07, 6.45) is 2.18. The van der Waals surface area contributed by atoms with Gasteiger partial charge in [-0.15, -0.1) is 0 Å². The lowest BCUT2D eigenvalue weighted by Gasteiger charge is -2.24. The third-order valence-corrected chi connectivity index (χ3v) is 3.46. The van der Waals surface area contributed by atoms with Gasteiger partial charge < -0.3 is 10.1 Å². The molecule has 1 atom stereocenters. The first-order valence-electron chi connectivity index (χ1n) is 5.89. The van der Waals surface area contributed by atoms with E-state index in [4.69, 9.17) is 16.3 Å². The van der Waals surface area contributed by atoms with Gasteiger partial charge in [0.15, 0.2) is 11.0 Å². The molecule has 2 rings (SSSR count). The maximum atomic E-state index is 6.06. The van der Waals surface area contributed by atoms with E-state index in [1.165, 1.54) is 0 Å². The van der Waals surface area contributed by atoms with Crippen molar-refractivity contribution in [2.45, 2.75) is 39.2 Å². The number of nitrogens with zero attached hydrogens (tertiary/aromatic N) is 2. The van der Waals surface area contributed by atoms with Gasteiger partial charge >= 0.3 is 0 Å². The van der Waals surface area contributed by atoms with Crippen LogP contribution in [0.3, 0.4) is 0 Å². The van der Waals surface area contributed by atoms with Crippen molar-refractivity contribution in [1.82, 2.24) is 9.97 Å². The highest BCUT2D eigenvalue weighted by Gasteiger charge is 2.29. The molecule has 1 aliphatic heterocycles. The molecule has 2 heterocycles. The lowest BCUT2D eigenvalue weighted by molar-refractivity contribution is 0.0314. The molecule has 1 aromatic rings. The molecule has 0 bridgehead atoms. The zero-order valence-corrected chi connectivity index (χ0v) is 11.3. The predicted octanol–water partition coefficient (Wildman–Crippen LogP) is 2.73. The van der Waals surface area contributed by atoms with Gasteiger partial charge in [0.1, 0.15) is 0 Å². The maximum Gasteiger partial charge on any atom is 0.171 e. The van der Waals surface area contributed by atoms with Crippen molar-refractivity contribution in [1.29, 1.82) is 0 Å². The van der Waals surface area contributed by atoms with Gasteiger partial charge in [-0.3, -0.25) is 0 Å². The summed E-state index contributed by atoms with van der Waals surface area (Å²) in [6, 6.07) is 0. The van der Waals surface area contributed by atoms with Crippen LogP contribution in [-0.2, 0) is 4.74 Å². The molecule has 1 aliphatic rings. The van der Waals surface area contributed by atoms with Crippen LogP contribution >= 0.6 is 11.6 Å². The van der Waals surface area contributed by atoms with Crippen LogP contribution in [0.25, 0.3) is 0 Å². The van der Waals surface area contributed by atoms with Crippen LogP contribution in [0.15, 0.2) is 0 Å². The van der Waals surface area contributed by atoms with E-state index >= 15 is 0 Å². The Hall–Kier alpha value is -0.870.